The van der Waals surface area contributed by atoms with E-state index in [1.165, 1.54) is 114 Å². The lowest BCUT2D eigenvalue weighted by Crippen LogP contribution is -2.15. The van der Waals surface area contributed by atoms with Gasteiger partial charge in [0.15, 0.2) is 0 Å². The number of hydrogen-bond donors (Lipinski definition) is 0. The normalized spacial score (nSPS) is 13.3. The van der Waals surface area contributed by atoms with Crippen LogP contribution in [0.4, 0.5) is 0 Å². The zero-order valence-electron chi connectivity index (χ0n) is 33.3. The molecule has 3 heteroatoms. The van der Waals surface area contributed by atoms with E-state index >= 15 is 0 Å². The quantitative estimate of drug-likeness (QED) is 0.168. The second-order valence-electron chi connectivity index (χ2n) is 16.9. The number of fused-ring (bicyclic) bond motifs is 13. The lowest BCUT2D eigenvalue weighted by molar-refractivity contribution is 0.666. The van der Waals surface area contributed by atoms with Crippen molar-refractivity contribution in [2.75, 3.05) is 0 Å². The molecule has 1 aliphatic carbocycles. The molecule has 3 aromatic heterocycles. The van der Waals surface area contributed by atoms with Gasteiger partial charge < -0.3 is 9.13 Å². The second kappa shape index (κ2) is 12.4. The Morgan fingerprint density at radius 3 is 1.57 bits per heavy atom. The first-order chi connectivity index (χ1) is 29.5. The van der Waals surface area contributed by atoms with Crippen molar-refractivity contribution in [1.82, 2.24) is 9.13 Å². The molecular formula is C57H38N2S. The van der Waals surface area contributed by atoms with Gasteiger partial charge in [0.2, 0.25) is 0 Å². The monoisotopic (exact) mass is 782 g/mol. The first-order valence-electron chi connectivity index (χ1n) is 20.8. The van der Waals surface area contributed by atoms with E-state index in [1.54, 1.807) is 0 Å². The highest BCUT2D eigenvalue weighted by Gasteiger charge is 2.38. The lowest BCUT2D eigenvalue weighted by atomic mass is 9.80. The van der Waals surface area contributed by atoms with Crippen molar-refractivity contribution in [3.63, 3.8) is 0 Å². The molecule has 2 nitrogen and oxygen atoms in total. The molecule has 12 aromatic rings. The Labute approximate surface area is 351 Å². The minimum absolute atomic E-state index is 0.163. The Hall–Kier alpha value is -7.20. The number of thiophene rings is 1. The number of para-hydroxylation sites is 2. The summed E-state index contributed by atoms with van der Waals surface area (Å²) >= 11 is 1.91. The molecule has 0 spiro atoms. The van der Waals surface area contributed by atoms with Crippen LogP contribution in [0.5, 0.6) is 0 Å². The first-order valence-corrected chi connectivity index (χ1v) is 21.7. The summed E-state index contributed by atoms with van der Waals surface area (Å²) in [6, 6.07) is 72.1. The fourth-order valence-corrected chi connectivity index (χ4v) is 11.7. The molecule has 0 amide bonds. The fraction of sp³-hybridized carbons (Fsp3) is 0.0526. The molecule has 282 valence electrons. The van der Waals surface area contributed by atoms with Crippen molar-refractivity contribution < 1.29 is 0 Å². The molecule has 0 atom stereocenters. The van der Waals surface area contributed by atoms with Crippen molar-refractivity contribution in [2.45, 2.75) is 19.3 Å². The van der Waals surface area contributed by atoms with E-state index in [4.69, 9.17) is 0 Å². The molecule has 9 aromatic carbocycles. The average molecular weight is 783 g/mol. The lowest BCUT2D eigenvalue weighted by Gasteiger charge is -2.23. The van der Waals surface area contributed by atoms with Crippen LogP contribution >= 0.6 is 11.3 Å². The van der Waals surface area contributed by atoms with Crippen molar-refractivity contribution in [3.8, 4) is 44.8 Å². The third-order valence-corrected chi connectivity index (χ3v) is 14.4. The molecule has 0 N–H and O–H groups in total. The highest BCUT2D eigenvalue weighted by Crippen LogP contribution is 2.54. The van der Waals surface area contributed by atoms with Gasteiger partial charge >= 0.3 is 0 Å². The van der Waals surface area contributed by atoms with Crippen LogP contribution in [0, 0.1) is 0 Å². The summed E-state index contributed by atoms with van der Waals surface area (Å²) in [4.78, 5) is 0. The number of aromatic nitrogens is 2. The first kappa shape index (κ1) is 33.7. The molecule has 0 fully saturated rings. The molecule has 13 rings (SSSR count). The van der Waals surface area contributed by atoms with Gasteiger partial charge in [0, 0.05) is 58.5 Å². The summed E-state index contributed by atoms with van der Waals surface area (Å²) in [5.41, 5.74) is 17.4. The maximum atomic E-state index is 2.49. The van der Waals surface area contributed by atoms with E-state index in [9.17, 15) is 0 Å². The molecule has 0 bridgehead atoms. The van der Waals surface area contributed by atoms with Crippen LogP contribution in [-0.2, 0) is 5.41 Å². The summed E-state index contributed by atoms with van der Waals surface area (Å²) in [6.45, 7) is 4.84. The highest BCUT2D eigenvalue weighted by molar-refractivity contribution is 7.25. The van der Waals surface area contributed by atoms with E-state index in [1.807, 2.05) is 11.3 Å². The Kier molecular flexibility index (Phi) is 6.98. The van der Waals surface area contributed by atoms with E-state index in [0.29, 0.717) is 0 Å². The number of hydrogen-bond acceptors (Lipinski definition) is 1. The molecule has 0 aliphatic heterocycles. The molecule has 0 unspecified atom stereocenters. The summed E-state index contributed by atoms with van der Waals surface area (Å²) in [5.74, 6) is 0. The molecule has 60 heavy (non-hydrogen) atoms. The third-order valence-electron chi connectivity index (χ3n) is 13.3. The SMILES string of the molecule is CC1(C)c2cc(-n3c4ccccc4c4ccc(-c5ccc6c7ccccc7n(-c7ccc(-c8ccccc8)cc7)c6c5)cc43)ccc2-c2ccc3sc4ccccc4c3c21. The summed E-state index contributed by atoms with van der Waals surface area (Å²) in [6.07, 6.45) is 0. The van der Waals surface area contributed by atoms with Crippen molar-refractivity contribution in [1.29, 1.82) is 0 Å². The standard InChI is InChI=1S/C57H38N2S/c1-57(2)48-34-40(26-29-41(48)46-30-31-54-55(56(46)57)47-16-8-11-19-53(47)60-54)59-50-18-10-7-15-43(50)45-28-23-38(33-52(45)59)37-22-27-44-42-14-6-9-17-49(42)58(51(44)32-37)39-24-20-36(21-25-39)35-12-4-3-5-13-35/h3-34H,1-2H3. The Morgan fingerprint density at radius 2 is 0.883 bits per heavy atom. The molecule has 0 radical (unpaired) electrons. The number of nitrogens with zero attached hydrogens (tertiary/aromatic N) is 2. The van der Waals surface area contributed by atoms with Crippen molar-refractivity contribution >= 4 is 75.1 Å². The average Bonchev–Trinajstić information content (AvgIpc) is 4.01. The number of rotatable bonds is 4. The summed E-state index contributed by atoms with van der Waals surface area (Å²) in [5, 5.41) is 7.82. The van der Waals surface area contributed by atoms with E-state index in [0.717, 1.165) is 5.69 Å². The molecule has 3 heterocycles. The maximum absolute atomic E-state index is 2.49. The van der Waals surface area contributed by atoms with Crippen molar-refractivity contribution in [2.24, 2.45) is 0 Å². The number of benzene rings is 9. The predicted octanol–water partition coefficient (Wildman–Crippen LogP) is 15.9. The van der Waals surface area contributed by atoms with E-state index < -0.39 is 0 Å². The molecular weight excluding hydrogens is 745 g/mol. The van der Waals surface area contributed by atoms with Crippen LogP contribution in [0.25, 0.3) is 109 Å². The van der Waals surface area contributed by atoms with Gasteiger partial charge in [0.05, 0.1) is 22.1 Å². The molecule has 0 saturated heterocycles. The van der Waals surface area contributed by atoms with E-state index in [-0.39, 0.29) is 5.41 Å². The summed E-state index contributed by atoms with van der Waals surface area (Å²) < 4.78 is 7.64. The van der Waals surface area contributed by atoms with Gasteiger partial charge in [-0.25, -0.2) is 0 Å². The Balaban J connectivity index is 0.974. The maximum Gasteiger partial charge on any atom is 0.0547 e. The van der Waals surface area contributed by atoms with Crippen molar-refractivity contribution in [3.05, 3.63) is 205 Å². The zero-order valence-corrected chi connectivity index (χ0v) is 34.1. The fourth-order valence-electron chi connectivity index (χ4n) is 10.5. The minimum Gasteiger partial charge on any atom is -0.309 e. The predicted molar refractivity (Wildman–Crippen MR) is 256 cm³/mol. The van der Waals surface area contributed by atoms with Crippen LogP contribution < -0.4 is 0 Å². The Morgan fingerprint density at radius 1 is 0.367 bits per heavy atom. The van der Waals surface area contributed by atoms with Crippen LogP contribution in [0.2, 0.25) is 0 Å². The van der Waals surface area contributed by atoms with Crippen LogP contribution in [0.3, 0.4) is 0 Å². The third kappa shape index (κ3) is 4.70. The largest absolute Gasteiger partial charge is 0.309 e. The van der Waals surface area contributed by atoms with E-state index in [2.05, 4.69) is 217 Å². The second-order valence-corrected chi connectivity index (χ2v) is 18.0. The minimum atomic E-state index is -0.163. The zero-order chi connectivity index (χ0) is 39.7. The smallest absolute Gasteiger partial charge is 0.0547 e. The highest BCUT2D eigenvalue weighted by atomic mass is 32.1. The van der Waals surface area contributed by atoms with Crippen LogP contribution in [0.1, 0.15) is 25.0 Å². The summed E-state index contributed by atoms with van der Waals surface area (Å²) in [7, 11) is 0. The van der Waals surface area contributed by atoms with Gasteiger partial charge in [0.25, 0.3) is 0 Å². The topological polar surface area (TPSA) is 9.86 Å². The van der Waals surface area contributed by atoms with Gasteiger partial charge in [-0.05, 0) is 105 Å². The Bertz CT molecular complexity index is 3730. The van der Waals surface area contributed by atoms with Gasteiger partial charge in [0.1, 0.15) is 0 Å². The molecule has 1 aliphatic rings. The van der Waals surface area contributed by atoms with Gasteiger partial charge in [-0.2, -0.15) is 0 Å². The molecule has 0 saturated carbocycles. The van der Waals surface area contributed by atoms with Crippen LogP contribution in [0.15, 0.2) is 194 Å². The van der Waals surface area contributed by atoms with Gasteiger partial charge in [-0.3, -0.25) is 0 Å². The van der Waals surface area contributed by atoms with Gasteiger partial charge in [-0.15, -0.1) is 11.3 Å². The van der Waals surface area contributed by atoms with Gasteiger partial charge in [-0.1, -0.05) is 147 Å². The van der Waals surface area contributed by atoms with Crippen LogP contribution in [-0.4, -0.2) is 9.13 Å².